The van der Waals surface area contributed by atoms with Crippen molar-refractivity contribution in [2.24, 2.45) is 0 Å². The van der Waals surface area contributed by atoms with Crippen LogP contribution in [0.1, 0.15) is 22.8 Å². The minimum absolute atomic E-state index is 0.229. The zero-order chi connectivity index (χ0) is 18.8. The van der Waals surface area contributed by atoms with Crippen molar-refractivity contribution in [2.45, 2.75) is 19.1 Å². The lowest BCUT2D eigenvalue weighted by Crippen LogP contribution is -2.13. The van der Waals surface area contributed by atoms with Crippen LogP contribution in [0.5, 0.6) is 0 Å². The molecule has 3 nitrogen and oxygen atoms in total. The second-order valence-corrected chi connectivity index (χ2v) is 7.68. The van der Waals surface area contributed by atoms with E-state index in [1.54, 1.807) is 18.6 Å². The fourth-order valence-corrected chi connectivity index (χ4v) is 4.10. The first-order chi connectivity index (χ1) is 13.1. The Morgan fingerprint density at radius 2 is 2.00 bits per heavy atom. The molecule has 3 aromatic rings. The minimum atomic E-state index is -0.229. The number of aromatic nitrogens is 2. The number of nitrogens with zero attached hydrogens (tertiary/aromatic N) is 2. The Morgan fingerprint density at radius 1 is 1.11 bits per heavy atom. The maximum Gasteiger partial charge on any atom is 0.102 e. The van der Waals surface area contributed by atoms with E-state index < -0.39 is 0 Å². The highest BCUT2D eigenvalue weighted by molar-refractivity contribution is 6.35. The number of ether oxygens (including phenoxy) is 1. The molecule has 138 valence electrons. The number of hydrogen-bond donors (Lipinski definition) is 0. The molecule has 0 radical (unpaired) electrons. The third-order valence-electron chi connectivity index (χ3n) is 4.70. The van der Waals surface area contributed by atoms with Gasteiger partial charge in [-0.2, -0.15) is 0 Å². The molecule has 1 unspecified atom stereocenters. The van der Waals surface area contributed by atoms with Crippen molar-refractivity contribution in [2.75, 3.05) is 6.61 Å². The van der Waals surface area contributed by atoms with Gasteiger partial charge >= 0.3 is 0 Å². The van der Waals surface area contributed by atoms with Crippen LogP contribution in [0.2, 0.25) is 15.1 Å². The largest absolute Gasteiger partial charge is 0.367 e. The topological polar surface area (TPSA) is 27.1 Å². The fourth-order valence-electron chi connectivity index (χ4n) is 3.32. The average molecular weight is 420 g/mol. The number of halogens is 3. The molecular weight excluding hydrogens is 403 g/mol. The summed E-state index contributed by atoms with van der Waals surface area (Å²) >= 11 is 18.8. The molecule has 0 bridgehead atoms. The maximum absolute atomic E-state index is 6.44. The van der Waals surface area contributed by atoms with E-state index in [9.17, 15) is 0 Å². The first kappa shape index (κ1) is 18.6. The van der Waals surface area contributed by atoms with Crippen molar-refractivity contribution >= 4 is 40.4 Å². The summed E-state index contributed by atoms with van der Waals surface area (Å²) in [5.74, 6) is 0. The first-order valence-corrected chi connectivity index (χ1v) is 9.74. The van der Waals surface area contributed by atoms with E-state index in [2.05, 4.69) is 17.1 Å². The number of rotatable bonds is 6. The van der Waals surface area contributed by atoms with Gasteiger partial charge in [-0.1, -0.05) is 59.1 Å². The molecule has 1 aliphatic rings. The number of imidazole rings is 1. The smallest absolute Gasteiger partial charge is 0.102 e. The number of fused-ring (bicyclic) bond motifs is 1. The lowest BCUT2D eigenvalue weighted by atomic mass is 10.1. The van der Waals surface area contributed by atoms with Gasteiger partial charge in [-0.05, 0) is 41.3 Å². The number of benzene rings is 2. The fraction of sp³-hybridized carbons (Fsp3) is 0.190. The molecule has 0 N–H and O–H groups in total. The van der Waals surface area contributed by atoms with E-state index >= 15 is 0 Å². The quantitative estimate of drug-likeness (QED) is 0.473. The summed E-state index contributed by atoms with van der Waals surface area (Å²) in [5, 5.41) is 2.00. The van der Waals surface area contributed by atoms with Gasteiger partial charge in [-0.25, -0.2) is 4.98 Å². The normalized spacial score (nSPS) is 14.1. The summed E-state index contributed by atoms with van der Waals surface area (Å²) in [6.07, 6.45) is 8.20. The highest BCUT2D eigenvalue weighted by atomic mass is 35.5. The van der Waals surface area contributed by atoms with E-state index in [4.69, 9.17) is 39.5 Å². The maximum atomic E-state index is 6.44. The molecule has 0 fully saturated rings. The van der Waals surface area contributed by atoms with Gasteiger partial charge in [0.2, 0.25) is 0 Å². The van der Waals surface area contributed by atoms with Crippen LogP contribution in [0.25, 0.3) is 5.57 Å². The third kappa shape index (κ3) is 4.07. The zero-order valence-corrected chi connectivity index (χ0v) is 16.7. The molecule has 4 rings (SSSR count). The molecule has 0 amide bonds. The van der Waals surface area contributed by atoms with Gasteiger partial charge in [-0.15, -0.1) is 0 Å². The van der Waals surface area contributed by atoms with Crippen molar-refractivity contribution in [3.8, 4) is 0 Å². The van der Waals surface area contributed by atoms with Crippen molar-refractivity contribution in [1.29, 1.82) is 0 Å². The Bertz CT molecular complexity index is 983. The average Bonchev–Trinajstić information content (AvgIpc) is 3.29. The van der Waals surface area contributed by atoms with Gasteiger partial charge in [-0.3, -0.25) is 0 Å². The molecule has 27 heavy (non-hydrogen) atoms. The summed E-state index contributed by atoms with van der Waals surface area (Å²) in [6.45, 7) is 1.09. The van der Waals surface area contributed by atoms with Gasteiger partial charge in [0.05, 0.1) is 19.5 Å². The van der Waals surface area contributed by atoms with Crippen LogP contribution in [-0.2, 0) is 17.7 Å². The molecule has 0 saturated heterocycles. The molecular formula is C21H17Cl3N2O. The Morgan fingerprint density at radius 3 is 2.78 bits per heavy atom. The van der Waals surface area contributed by atoms with E-state index in [1.807, 2.05) is 35.0 Å². The third-order valence-corrected chi connectivity index (χ3v) is 5.62. The van der Waals surface area contributed by atoms with Gasteiger partial charge in [0.1, 0.15) is 6.10 Å². The zero-order valence-electron chi connectivity index (χ0n) is 14.4. The summed E-state index contributed by atoms with van der Waals surface area (Å²) in [4.78, 5) is 4.11. The van der Waals surface area contributed by atoms with Crippen LogP contribution in [0.15, 0.2) is 61.2 Å². The molecule has 1 atom stereocenters. The van der Waals surface area contributed by atoms with Crippen LogP contribution in [-0.4, -0.2) is 16.2 Å². The Hall–Kier alpha value is -1.78. The second kappa shape index (κ2) is 8.07. The van der Waals surface area contributed by atoms with E-state index in [-0.39, 0.29) is 6.10 Å². The molecule has 0 aliphatic heterocycles. The summed E-state index contributed by atoms with van der Waals surface area (Å²) < 4.78 is 8.29. The summed E-state index contributed by atoms with van der Waals surface area (Å²) in [6, 6.07) is 11.5. The molecule has 1 aromatic heterocycles. The standard InChI is InChI=1S/C21H17Cl3N2O/c22-15-5-7-18(20(24)10-15)21(11-26-9-8-25-13-26)27-12-14-4-6-17-16(14)2-1-3-19(17)23/h1-5,7-10,13,21H,6,11-12H2. The van der Waals surface area contributed by atoms with Crippen LogP contribution >= 0.6 is 34.8 Å². The van der Waals surface area contributed by atoms with Crippen molar-refractivity contribution in [1.82, 2.24) is 9.55 Å². The lowest BCUT2D eigenvalue weighted by molar-refractivity contribution is 0.0643. The first-order valence-electron chi connectivity index (χ1n) is 8.61. The minimum Gasteiger partial charge on any atom is -0.367 e. The second-order valence-electron chi connectivity index (χ2n) is 6.42. The molecule has 6 heteroatoms. The van der Waals surface area contributed by atoms with Gasteiger partial charge in [0.25, 0.3) is 0 Å². The predicted molar refractivity (Wildman–Crippen MR) is 111 cm³/mol. The number of hydrogen-bond acceptors (Lipinski definition) is 2. The number of allylic oxidation sites excluding steroid dienone is 1. The Kier molecular flexibility index (Phi) is 5.55. The summed E-state index contributed by atoms with van der Waals surface area (Å²) in [7, 11) is 0. The predicted octanol–water partition coefficient (Wildman–Crippen LogP) is 6.24. The molecule has 1 heterocycles. The van der Waals surface area contributed by atoms with E-state index in [0.717, 1.165) is 33.7 Å². The summed E-state index contributed by atoms with van der Waals surface area (Å²) in [5.41, 5.74) is 4.37. The monoisotopic (exact) mass is 418 g/mol. The Balaban J connectivity index is 1.56. The van der Waals surface area contributed by atoms with Gasteiger partial charge < -0.3 is 9.30 Å². The molecule has 0 saturated carbocycles. The van der Waals surface area contributed by atoms with Crippen molar-refractivity contribution in [3.63, 3.8) is 0 Å². The van der Waals surface area contributed by atoms with E-state index in [1.165, 1.54) is 0 Å². The van der Waals surface area contributed by atoms with E-state index in [0.29, 0.717) is 23.2 Å². The molecule has 0 spiro atoms. The Labute approximate surface area is 173 Å². The van der Waals surface area contributed by atoms with Crippen LogP contribution in [0.3, 0.4) is 0 Å². The highest BCUT2D eigenvalue weighted by Gasteiger charge is 2.21. The molecule has 1 aliphatic carbocycles. The highest BCUT2D eigenvalue weighted by Crippen LogP contribution is 2.35. The van der Waals surface area contributed by atoms with Crippen molar-refractivity contribution in [3.05, 3.63) is 93.0 Å². The molecule has 2 aromatic carbocycles. The van der Waals surface area contributed by atoms with Gasteiger partial charge in [0.15, 0.2) is 0 Å². The van der Waals surface area contributed by atoms with Crippen LogP contribution in [0.4, 0.5) is 0 Å². The van der Waals surface area contributed by atoms with Crippen molar-refractivity contribution < 1.29 is 4.74 Å². The van der Waals surface area contributed by atoms with Crippen LogP contribution in [0, 0.1) is 0 Å². The van der Waals surface area contributed by atoms with Crippen LogP contribution < -0.4 is 0 Å². The van der Waals surface area contributed by atoms with Gasteiger partial charge in [0, 0.05) is 33.0 Å². The lowest BCUT2D eigenvalue weighted by Gasteiger charge is -2.21. The SMILES string of the molecule is Clc1ccc(C(Cn2ccnc2)OCC2=CCc3c(Cl)cccc32)c(Cl)c1.